The van der Waals surface area contributed by atoms with Gasteiger partial charge in [-0.3, -0.25) is 4.79 Å². The smallest absolute Gasteiger partial charge is 0.239 e. The summed E-state index contributed by atoms with van der Waals surface area (Å²) in [5.41, 5.74) is 2.10. The number of anilines is 1. The molecule has 0 spiro atoms. The van der Waals surface area contributed by atoms with Gasteiger partial charge in [-0.2, -0.15) is 0 Å². The maximum Gasteiger partial charge on any atom is 0.239 e. The van der Waals surface area contributed by atoms with Crippen LogP contribution in [0.1, 0.15) is 12.5 Å². The van der Waals surface area contributed by atoms with E-state index in [0.29, 0.717) is 13.1 Å². The monoisotopic (exact) mass is 267 g/mol. The molecular weight excluding hydrogens is 250 g/mol. The molecule has 0 bridgehead atoms. The van der Waals surface area contributed by atoms with Gasteiger partial charge in [-0.05, 0) is 24.2 Å². The van der Waals surface area contributed by atoms with Crippen molar-refractivity contribution in [3.8, 4) is 0 Å². The third-order valence-electron chi connectivity index (χ3n) is 3.01. The maximum atomic E-state index is 11.3. The van der Waals surface area contributed by atoms with Crippen molar-refractivity contribution < 1.29 is 4.79 Å². The van der Waals surface area contributed by atoms with E-state index in [9.17, 15) is 4.79 Å². The average Bonchev–Trinajstić information content (AvgIpc) is 2.37. The molecular formula is C13H18ClN3O. The molecule has 1 aromatic rings. The summed E-state index contributed by atoms with van der Waals surface area (Å²) in [7, 11) is 0. The molecule has 1 amide bonds. The second-order valence-electron chi connectivity index (χ2n) is 4.33. The summed E-state index contributed by atoms with van der Waals surface area (Å²) in [6.07, 6.45) is 0. The van der Waals surface area contributed by atoms with Gasteiger partial charge >= 0.3 is 0 Å². The molecule has 0 aliphatic carbocycles. The van der Waals surface area contributed by atoms with Crippen LogP contribution in [0.5, 0.6) is 0 Å². The Kier molecular flexibility index (Phi) is 4.44. The number of benzene rings is 1. The van der Waals surface area contributed by atoms with Crippen LogP contribution < -0.4 is 15.5 Å². The number of halogens is 1. The summed E-state index contributed by atoms with van der Waals surface area (Å²) in [4.78, 5) is 13.4. The molecule has 1 aliphatic rings. The minimum Gasteiger partial charge on any atom is -0.360 e. The lowest BCUT2D eigenvalue weighted by atomic mass is 10.1. The second-order valence-corrected chi connectivity index (χ2v) is 4.73. The molecule has 98 valence electrons. The zero-order valence-electron chi connectivity index (χ0n) is 10.5. The van der Waals surface area contributed by atoms with E-state index < -0.39 is 0 Å². The Balaban J connectivity index is 2.10. The van der Waals surface area contributed by atoms with Crippen LogP contribution >= 0.6 is 11.6 Å². The molecule has 1 heterocycles. The first kappa shape index (κ1) is 13.2. The third-order valence-corrected chi connectivity index (χ3v) is 3.36. The van der Waals surface area contributed by atoms with Gasteiger partial charge in [-0.25, -0.2) is 0 Å². The van der Waals surface area contributed by atoms with Gasteiger partial charge in [-0.15, -0.1) is 0 Å². The lowest BCUT2D eigenvalue weighted by Gasteiger charge is -2.29. The van der Waals surface area contributed by atoms with E-state index in [1.807, 2.05) is 23.1 Å². The number of carbonyl (C=O) groups is 1. The van der Waals surface area contributed by atoms with Crippen molar-refractivity contribution >= 4 is 23.2 Å². The highest BCUT2D eigenvalue weighted by molar-refractivity contribution is 6.31. The summed E-state index contributed by atoms with van der Waals surface area (Å²) in [5.74, 6) is 0.0640. The van der Waals surface area contributed by atoms with E-state index in [1.54, 1.807) is 0 Å². The van der Waals surface area contributed by atoms with Crippen LogP contribution in [0.25, 0.3) is 0 Å². The van der Waals surface area contributed by atoms with Crippen molar-refractivity contribution in [2.75, 3.05) is 31.1 Å². The largest absolute Gasteiger partial charge is 0.360 e. The molecule has 1 saturated heterocycles. The zero-order chi connectivity index (χ0) is 13.0. The maximum absolute atomic E-state index is 11.3. The van der Waals surface area contributed by atoms with E-state index in [-0.39, 0.29) is 5.91 Å². The number of nitrogens with one attached hydrogen (secondary N) is 2. The van der Waals surface area contributed by atoms with E-state index in [2.05, 4.69) is 17.6 Å². The van der Waals surface area contributed by atoms with Crippen molar-refractivity contribution in [3.63, 3.8) is 0 Å². The lowest BCUT2D eigenvalue weighted by molar-refractivity contribution is -0.120. The summed E-state index contributed by atoms with van der Waals surface area (Å²) in [6, 6.07) is 5.98. The van der Waals surface area contributed by atoms with Crippen LogP contribution in [0.3, 0.4) is 0 Å². The standard InChI is InChI=1S/C13H18ClN3O/c1-2-15-8-10-3-4-11(7-12(10)14)17-6-5-16-13(18)9-17/h3-4,7,15H,2,5-6,8-9H2,1H3,(H,16,18). The fraction of sp³-hybridized carbons (Fsp3) is 0.462. The first-order valence-electron chi connectivity index (χ1n) is 6.21. The van der Waals surface area contributed by atoms with Gasteiger partial charge in [0.2, 0.25) is 5.91 Å². The van der Waals surface area contributed by atoms with Crippen molar-refractivity contribution in [2.45, 2.75) is 13.5 Å². The van der Waals surface area contributed by atoms with E-state index in [0.717, 1.165) is 35.9 Å². The lowest BCUT2D eigenvalue weighted by Crippen LogP contribution is -2.47. The Morgan fingerprint density at radius 3 is 3.00 bits per heavy atom. The molecule has 2 rings (SSSR count). The first-order valence-corrected chi connectivity index (χ1v) is 6.59. The Bertz CT molecular complexity index is 436. The van der Waals surface area contributed by atoms with E-state index in [1.165, 1.54) is 0 Å². The first-order chi connectivity index (χ1) is 8.70. The van der Waals surface area contributed by atoms with Crippen LogP contribution in [-0.2, 0) is 11.3 Å². The fourth-order valence-corrected chi connectivity index (χ4v) is 2.24. The van der Waals surface area contributed by atoms with Crippen molar-refractivity contribution in [3.05, 3.63) is 28.8 Å². The van der Waals surface area contributed by atoms with Gasteiger partial charge in [0.05, 0.1) is 6.54 Å². The summed E-state index contributed by atoms with van der Waals surface area (Å²) in [5, 5.41) is 6.81. The van der Waals surface area contributed by atoms with Gasteiger partial charge in [0, 0.05) is 30.3 Å². The summed E-state index contributed by atoms with van der Waals surface area (Å²) < 4.78 is 0. The number of nitrogens with zero attached hydrogens (tertiary/aromatic N) is 1. The van der Waals surface area contributed by atoms with Gasteiger partial charge in [0.15, 0.2) is 0 Å². The molecule has 1 aliphatic heterocycles. The Morgan fingerprint density at radius 1 is 1.50 bits per heavy atom. The molecule has 5 heteroatoms. The zero-order valence-corrected chi connectivity index (χ0v) is 11.3. The predicted molar refractivity (Wildman–Crippen MR) is 74.1 cm³/mol. The van der Waals surface area contributed by atoms with E-state index >= 15 is 0 Å². The third kappa shape index (κ3) is 3.15. The van der Waals surface area contributed by atoms with Gasteiger partial charge in [-0.1, -0.05) is 24.6 Å². The highest BCUT2D eigenvalue weighted by Gasteiger charge is 2.17. The van der Waals surface area contributed by atoms with Gasteiger partial charge in [0.25, 0.3) is 0 Å². The Hall–Kier alpha value is -1.26. The number of piperazine rings is 1. The molecule has 1 aromatic carbocycles. The Labute approximate surface area is 112 Å². The molecule has 1 fully saturated rings. The number of carbonyl (C=O) groups excluding carboxylic acids is 1. The van der Waals surface area contributed by atoms with Crippen LogP contribution in [-0.4, -0.2) is 32.1 Å². The molecule has 0 unspecified atom stereocenters. The molecule has 2 N–H and O–H groups in total. The predicted octanol–water partition coefficient (Wildman–Crippen LogP) is 1.39. The number of hydrogen-bond acceptors (Lipinski definition) is 3. The molecule has 0 radical (unpaired) electrons. The SMILES string of the molecule is CCNCc1ccc(N2CCNC(=O)C2)cc1Cl. The number of amides is 1. The molecule has 18 heavy (non-hydrogen) atoms. The topological polar surface area (TPSA) is 44.4 Å². The van der Waals surface area contributed by atoms with Crippen molar-refractivity contribution in [1.82, 2.24) is 10.6 Å². The van der Waals surface area contributed by atoms with Crippen LogP contribution in [0, 0.1) is 0 Å². The number of rotatable bonds is 4. The Morgan fingerprint density at radius 2 is 2.33 bits per heavy atom. The fourth-order valence-electron chi connectivity index (χ4n) is 1.99. The van der Waals surface area contributed by atoms with E-state index in [4.69, 9.17) is 11.6 Å². The quantitative estimate of drug-likeness (QED) is 0.867. The van der Waals surface area contributed by atoms with Crippen LogP contribution in [0.4, 0.5) is 5.69 Å². The van der Waals surface area contributed by atoms with Crippen LogP contribution in [0.2, 0.25) is 5.02 Å². The summed E-state index contributed by atoms with van der Waals surface area (Å²) in [6.45, 7) is 5.68. The number of hydrogen-bond donors (Lipinski definition) is 2. The minimum absolute atomic E-state index is 0.0640. The minimum atomic E-state index is 0.0640. The van der Waals surface area contributed by atoms with Crippen molar-refractivity contribution in [1.29, 1.82) is 0 Å². The average molecular weight is 268 g/mol. The van der Waals surface area contributed by atoms with Crippen LogP contribution in [0.15, 0.2) is 18.2 Å². The highest BCUT2D eigenvalue weighted by Crippen LogP contribution is 2.24. The van der Waals surface area contributed by atoms with Gasteiger partial charge in [0.1, 0.15) is 0 Å². The molecule has 0 atom stereocenters. The molecule has 0 saturated carbocycles. The molecule has 0 aromatic heterocycles. The molecule has 4 nitrogen and oxygen atoms in total. The second kappa shape index (κ2) is 6.07. The highest BCUT2D eigenvalue weighted by atomic mass is 35.5. The van der Waals surface area contributed by atoms with Gasteiger partial charge < -0.3 is 15.5 Å². The normalized spacial score (nSPS) is 15.7. The summed E-state index contributed by atoms with van der Waals surface area (Å²) >= 11 is 6.25. The van der Waals surface area contributed by atoms with Crippen molar-refractivity contribution in [2.24, 2.45) is 0 Å².